The van der Waals surface area contributed by atoms with Gasteiger partial charge in [0.1, 0.15) is 0 Å². The minimum atomic E-state index is -0.875. The van der Waals surface area contributed by atoms with Crippen molar-refractivity contribution in [2.45, 2.75) is 27.2 Å². The maximum atomic E-state index is 10.4. The Bertz CT molecular complexity index is 227. The molecule has 0 fully saturated rings. The zero-order valence-corrected chi connectivity index (χ0v) is 10.6. The molecule has 0 rings (SSSR count). The highest BCUT2D eigenvalue weighted by Crippen LogP contribution is 1.91. The number of likely N-dealkylation sites (N-methyl/N-ethyl adjacent to an activating group) is 1. The second-order valence-electron chi connectivity index (χ2n) is 3.94. The zero-order chi connectivity index (χ0) is 12.4. The summed E-state index contributed by atoms with van der Waals surface area (Å²) in [5.74, 6) is -0.875. The predicted octanol–water partition coefficient (Wildman–Crippen LogP) is 1.34. The van der Waals surface area contributed by atoms with Gasteiger partial charge >= 0.3 is 5.97 Å². The Labute approximate surface area is 98.3 Å². The molecular weight excluding hydrogens is 204 g/mol. The van der Waals surface area contributed by atoms with Crippen molar-refractivity contribution in [3.05, 3.63) is 11.6 Å². The van der Waals surface area contributed by atoms with Gasteiger partial charge in [-0.3, -0.25) is 0 Å². The Kier molecular flexibility index (Phi) is 8.85. The molecular formula is C12H24N2O2. The van der Waals surface area contributed by atoms with Crippen LogP contribution in [-0.2, 0) is 4.79 Å². The summed E-state index contributed by atoms with van der Waals surface area (Å²) < 4.78 is 0. The van der Waals surface area contributed by atoms with Gasteiger partial charge in [0.2, 0.25) is 0 Å². The van der Waals surface area contributed by atoms with Crippen LogP contribution in [0.4, 0.5) is 0 Å². The second kappa shape index (κ2) is 9.36. The fraction of sp³-hybridized carbons (Fsp3) is 0.750. The van der Waals surface area contributed by atoms with Crippen LogP contribution in [0.3, 0.4) is 0 Å². The number of aliphatic carboxylic acids is 1. The van der Waals surface area contributed by atoms with Crippen molar-refractivity contribution in [3.63, 3.8) is 0 Å². The van der Waals surface area contributed by atoms with E-state index in [9.17, 15) is 4.79 Å². The lowest BCUT2D eigenvalue weighted by Gasteiger charge is -2.19. The number of hydrogen-bond donors (Lipinski definition) is 2. The summed E-state index contributed by atoms with van der Waals surface area (Å²) in [5.41, 5.74) is 0.853. The quantitative estimate of drug-likeness (QED) is 0.462. The van der Waals surface area contributed by atoms with Gasteiger partial charge in [0, 0.05) is 25.7 Å². The van der Waals surface area contributed by atoms with E-state index in [1.165, 1.54) is 12.5 Å². The minimum Gasteiger partial charge on any atom is -0.478 e. The van der Waals surface area contributed by atoms with Crippen molar-refractivity contribution in [1.82, 2.24) is 10.2 Å². The third-order valence-electron chi connectivity index (χ3n) is 2.37. The molecule has 94 valence electrons. The van der Waals surface area contributed by atoms with Crippen LogP contribution in [0.25, 0.3) is 0 Å². The number of carbonyl (C=O) groups is 1. The van der Waals surface area contributed by atoms with Gasteiger partial charge in [0.15, 0.2) is 0 Å². The van der Waals surface area contributed by atoms with Gasteiger partial charge in [-0.25, -0.2) is 4.79 Å². The average molecular weight is 228 g/mol. The normalized spacial score (nSPS) is 12.1. The van der Waals surface area contributed by atoms with Gasteiger partial charge in [-0.15, -0.1) is 0 Å². The van der Waals surface area contributed by atoms with E-state index in [1.54, 1.807) is 0 Å². The topological polar surface area (TPSA) is 52.6 Å². The van der Waals surface area contributed by atoms with Crippen LogP contribution < -0.4 is 5.32 Å². The smallest absolute Gasteiger partial charge is 0.328 e. The van der Waals surface area contributed by atoms with Gasteiger partial charge in [0.25, 0.3) is 0 Å². The molecule has 16 heavy (non-hydrogen) atoms. The Morgan fingerprint density at radius 1 is 1.38 bits per heavy atom. The van der Waals surface area contributed by atoms with Crippen molar-refractivity contribution in [2.75, 3.05) is 32.7 Å². The third-order valence-corrected chi connectivity index (χ3v) is 2.37. The number of nitrogens with one attached hydrogen (secondary N) is 1. The van der Waals surface area contributed by atoms with Crippen LogP contribution in [0.2, 0.25) is 0 Å². The van der Waals surface area contributed by atoms with E-state index in [2.05, 4.69) is 24.1 Å². The Morgan fingerprint density at radius 2 is 2.06 bits per heavy atom. The molecule has 4 nitrogen and oxygen atoms in total. The number of nitrogens with zero attached hydrogens (tertiary/aromatic N) is 1. The van der Waals surface area contributed by atoms with Crippen LogP contribution in [0.15, 0.2) is 11.6 Å². The Hall–Kier alpha value is -0.870. The lowest BCUT2D eigenvalue weighted by atomic mass is 10.3. The number of rotatable bonds is 9. The Balaban J connectivity index is 3.62. The van der Waals surface area contributed by atoms with Crippen LogP contribution in [0, 0.1) is 0 Å². The monoisotopic (exact) mass is 228 g/mol. The summed E-state index contributed by atoms with van der Waals surface area (Å²) in [5, 5.41) is 11.8. The molecule has 0 aromatic carbocycles. The van der Waals surface area contributed by atoms with Crippen molar-refractivity contribution in [2.24, 2.45) is 0 Å². The van der Waals surface area contributed by atoms with E-state index in [4.69, 9.17) is 5.11 Å². The standard InChI is InChI=1S/C12H24N2O2/c1-4-7-14(5-2)8-6-13-10-11(3)9-12(15)16/h9,13H,4-8,10H2,1-3H3,(H,15,16). The lowest BCUT2D eigenvalue weighted by Crippen LogP contribution is -2.33. The SMILES string of the molecule is CCCN(CC)CCNCC(C)=CC(=O)O. The zero-order valence-electron chi connectivity index (χ0n) is 10.6. The molecule has 0 saturated heterocycles. The number of hydrogen-bond acceptors (Lipinski definition) is 3. The summed E-state index contributed by atoms with van der Waals surface area (Å²) in [6.45, 7) is 10.9. The van der Waals surface area contributed by atoms with Crippen LogP contribution in [0.5, 0.6) is 0 Å². The predicted molar refractivity (Wildman–Crippen MR) is 66.7 cm³/mol. The van der Waals surface area contributed by atoms with Crippen molar-refractivity contribution < 1.29 is 9.90 Å². The maximum absolute atomic E-state index is 10.4. The number of carboxylic acid groups (broad SMARTS) is 1. The lowest BCUT2D eigenvalue weighted by molar-refractivity contribution is -0.131. The van der Waals surface area contributed by atoms with Gasteiger partial charge in [-0.2, -0.15) is 0 Å². The molecule has 0 unspecified atom stereocenters. The summed E-state index contributed by atoms with van der Waals surface area (Å²) in [4.78, 5) is 12.7. The van der Waals surface area contributed by atoms with Crippen molar-refractivity contribution in [3.8, 4) is 0 Å². The molecule has 0 aliphatic rings. The summed E-state index contributed by atoms with van der Waals surface area (Å²) in [6.07, 6.45) is 2.42. The molecule has 0 bridgehead atoms. The molecule has 2 N–H and O–H groups in total. The first-order chi connectivity index (χ1) is 7.60. The average Bonchev–Trinajstić information content (AvgIpc) is 2.21. The molecule has 0 amide bonds. The van der Waals surface area contributed by atoms with Crippen molar-refractivity contribution in [1.29, 1.82) is 0 Å². The molecule has 0 aliphatic carbocycles. The molecule has 0 saturated carbocycles. The first-order valence-corrected chi connectivity index (χ1v) is 5.93. The van der Waals surface area contributed by atoms with E-state index in [0.717, 1.165) is 31.8 Å². The van der Waals surface area contributed by atoms with Gasteiger partial charge in [-0.05, 0) is 26.4 Å². The van der Waals surface area contributed by atoms with Crippen molar-refractivity contribution >= 4 is 5.97 Å². The summed E-state index contributed by atoms with van der Waals surface area (Å²) in [6, 6.07) is 0. The van der Waals surface area contributed by atoms with E-state index in [-0.39, 0.29) is 0 Å². The molecule has 0 radical (unpaired) electrons. The van der Waals surface area contributed by atoms with Crippen LogP contribution in [0.1, 0.15) is 27.2 Å². The largest absolute Gasteiger partial charge is 0.478 e. The highest BCUT2D eigenvalue weighted by molar-refractivity contribution is 5.80. The molecule has 0 heterocycles. The first-order valence-electron chi connectivity index (χ1n) is 5.93. The maximum Gasteiger partial charge on any atom is 0.328 e. The molecule has 0 aromatic heterocycles. The highest BCUT2D eigenvalue weighted by atomic mass is 16.4. The molecule has 4 heteroatoms. The van der Waals surface area contributed by atoms with E-state index in [1.807, 2.05) is 6.92 Å². The first kappa shape index (κ1) is 15.1. The molecule has 0 aromatic rings. The summed E-state index contributed by atoms with van der Waals surface area (Å²) in [7, 11) is 0. The van der Waals surface area contributed by atoms with Gasteiger partial charge in [-0.1, -0.05) is 19.4 Å². The number of carboxylic acids is 1. The third kappa shape index (κ3) is 8.44. The molecule has 0 atom stereocenters. The van der Waals surface area contributed by atoms with Gasteiger partial charge < -0.3 is 15.3 Å². The molecule has 0 aliphatic heterocycles. The van der Waals surface area contributed by atoms with Gasteiger partial charge in [0.05, 0.1) is 0 Å². The fourth-order valence-corrected chi connectivity index (χ4v) is 1.53. The fourth-order valence-electron chi connectivity index (χ4n) is 1.53. The van der Waals surface area contributed by atoms with E-state index >= 15 is 0 Å². The Morgan fingerprint density at radius 3 is 2.56 bits per heavy atom. The van der Waals surface area contributed by atoms with E-state index < -0.39 is 5.97 Å². The second-order valence-corrected chi connectivity index (χ2v) is 3.94. The minimum absolute atomic E-state index is 0.649. The van der Waals surface area contributed by atoms with Crippen LogP contribution >= 0.6 is 0 Å². The highest BCUT2D eigenvalue weighted by Gasteiger charge is 1.99. The molecule has 0 spiro atoms. The summed E-state index contributed by atoms with van der Waals surface area (Å²) >= 11 is 0. The van der Waals surface area contributed by atoms with E-state index in [0.29, 0.717) is 6.54 Å². The van der Waals surface area contributed by atoms with Crippen LogP contribution in [-0.4, -0.2) is 48.7 Å².